The van der Waals surface area contributed by atoms with Crippen LogP contribution in [0.2, 0.25) is 0 Å². The van der Waals surface area contributed by atoms with Gasteiger partial charge in [0.2, 0.25) is 17.4 Å². The third kappa shape index (κ3) is 2.67. The van der Waals surface area contributed by atoms with Gasteiger partial charge in [-0.2, -0.15) is 22.5 Å². The van der Waals surface area contributed by atoms with Crippen LogP contribution in [0.5, 0.6) is 11.5 Å². The summed E-state index contributed by atoms with van der Waals surface area (Å²) in [5, 5.41) is 0. The quantitative estimate of drug-likeness (QED) is 0.600. The summed E-state index contributed by atoms with van der Waals surface area (Å²) in [6, 6.07) is 2.94. The molecule has 0 saturated heterocycles. The summed E-state index contributed by atoms with van der Waals surface area (Å²) in [6.45, 7) is 0. The zero-order valence-electron chi connectivity index (χ0n) is 8.86. The molecule has 0 aliphatic carbocycles. The van der Waals surface area contributed by atoms with Crippen LogP contribution in [0.15, 0.2) is 22.7 Å². The molecule has 2 rings (SSSR count). The van der Waals surface area contributed by atoms with Crippen LogP contribution in [0.1, 0.15) is 0 Å². The minimum atomic E-state index is -1.84. The van der Waals surface area contributed by atoms with Crippen LogP contribution < -0.4 is 4.74 Å². The van der Waals surface area contributed by atoms with Gasteiger partial charge in [-0.15, -0.1) is 0 Å². The molecule has 1 heterocycles. The van der Waals surface area contributed by atoms with E-state index in [9.17, 15) is 22.0 Å². The van der Waals surface area contributed by atoms with Crippen molar-refractivity contribution in [3.63, 3.8) is 0 Å². The fourth-order valence-corrected chi connectivity index (χ4v) is 1.66. The maximum atomic E-state index is 13.3. The third-order valence-electron chi connectivity index (χ3n) is 2.06. The van der Waals surface area contributed by atoms with E-state index in [0.717, 1.165) is 18.2 Å². The highest BCUT2D eigenvalue weighted by Gasteiger charge is 2.23. The molecule has 0 unspecified atom stereocenters. The first-order valence-corrected chi connectivity index (χ1v) is 5.52. The predicted molar refractivity (Wildman–Crippen MR) is 58.2 cm³/mol. The Morgan fingerprint density at radius 1 is 0.947 bits per heavy atom. The molecule has 8 heteroatoms. The van der Waals surface area contributed by atoms with E-state index in [-0.39, 0.29) is 10.2 Å². The molecule has 0 saturated carbocycles. The monoisotopic (exact) mass is 339 g/mol. The number of ether oxygens (including phenoxy) is 1. The van der Waals surface area contributed by atoms with Crippen LogP contribution in [0.25, 0.3) is 0 Å². The van der Waals surface area contributed by atoms with Gasteiger partial charge in [-0.05, 0) is 34.1 Å². The zero-order valence-corrected chi connectivity index (χ0v) is 10.4. The Hall–Kier alpha value is -1.70. The van der Waals surface area contributed by atoms with Crippen molar-refractivity contribution < 1.29 is 26.7 Å². The van der Waals surface area contributed by atoms with E-state index in [4.69, 9.17) is 4.74 Å². The molecule has 0 atom stereocenters. The fourth-order valence-electron chi connectivity index (χ4n) is 1.23. The summed E-state index contributed by atoms with van der Waals surface area (Å²) in [7, 11) is 0. The van der Waals surface area contributed by atoms with Crippen molar-refractivity contribution in [2.45, 2.75) is 0 Å². The standard InChI is InChI=1S/C11H3BrF5NO/c12-5-3-4(13)1-2-6(5)19-9-7(14)10(16)18-11(17)8(9)15/h1-3H. The maximum absolute atomic E-state index is 13.3. The maximum Gasteiger partial charge on any atom is 0.255 e. The lowest BCUT2D eigenvalue weighted by molar-refractivity contribution is 0.342. The van der Waals surface area contributed by atoms with Crippen molar-refractivity contribution in [3.8, 4) is 11.5 Å². The van der Waals surface area contributed by atoms with Crippen molar-refractivity contribution in [1.82, 2.24) is 4.98 Å². The summed E-state index contributed by atoms with van der Waals surface area (Å²) in [5.74, 6) is -9.39. The van der Waals surface area contributed by atoms with E-state index >= 15 is 0 Å². The van der Waals surface area contributed by atoms with Gasteiger partial charge >= 0.3 is 0 Å². The Bertz CT molecular complexity index is 623. The molecule has 0 bridgehead atoms. The van der Waals surface area contributed by atoms with Gasteiger partial charge in [0.15, 0.2) is 0 Å². The number of halogens is 6. The van der Waals surface area contributed by atoms with Crippen LogP contribution in [0, 0.1) is 29.3 Å². The predicted octanol–water partition coefficient (Wildman–Crippen LogP) is 4.33. The molecule has 19 heavy (non-hydrogen) atoms. The molecule has 0 aliphatic rings. The largest absolute Gasteiger partial charge is 0.450 e. The molecule has 2 nitrogen and oxygen atoms in total. The van der Waals surface area contributed by atoms with Gasteiger partial charge in [0.25, 0.3) is 11.9 Å². The lowest BCUT2D eigenvalue weighted by Crippen LogP contribution is -2.03. The van der Waals surface area contributed by atoms with E-state index in [0.29, 0.717) is 0 Å². The van der Waals surface area contributed by atoms with Crippen molar-refractivity contribution in [2.75, 3.05) is 0 Å². The van der Waals surface area contributed by atoms with Crippen molar-refractivity contribution in [3.05, 3.63) is 52.0 Å². The Kier molecular flexibility index (Phi) is 3.70. The van der Waals surface area contributed by atoms with E-state index in [1.165, 1.54) is 0 Å². The molecule has 0 aliphatic heterocycles. The van der Waals surface area contributed by atoms with Gasteiger partial charge in [-0.1, -0.05) is 0 Å². The first kappa shape index (κ1) is 13.7. The zero-order chi connectivity index (χ0) is 14.2. The topological polar surface area (TPSA) is 22.1 Å². The normalized spacial score (nSPS) is 10.6. The Morgan fingerprint density at radius 3 is 2.05 bits per heavy atom. The highest BCUT2D eigenvalue weighted by molar-refractivity contribution is 9.10. The first-order valence-electron chi connectivity index (χ1n) is 4.73. The Labute approximate surface area is 112 Å². The van der Waals surface area contributed by atoms with Crippen LogP contribution in [0.4, 0.5) is 22.0 Å². The summed E-state index contributed by atoms with van der Waals surface area (Å²) in [6.07, 6.45) is 0. The third-order valence-corrected chi connectivity index (χ3v) is 2.68. The molecule has 1 aromatic carbocycles. The summed E-state index contributed by atoms with van der Waals surface area (Å²) >= 11 is 2.88. The molecule has 0 fully saturated rings. The van der Waals surface area contributed by atoms with E-state index in [2.05, 4.69) is 20.9 Å². The van der Waals surface area contributed by atoms with Crippen molar-refractivity contribution >= 4 is 15.9 Å². The molecule has 0 N–H and O–H groups in total. The second-order valence-electron chi connectivity index (χ2n) is 3.33. The van der Waals surface area contributed by atoms with Gasteiger partial charge in [0.1, 0.15) is 11.6 Å². The van der Waals surface area contributed by atoms with Gasteiger partial charge < -0.3 is 4.74 Å². The minimum Gasteiger partial charge on any atom is -0.450 e. The molecular formula is C11H3BrF5NO. The second kappa shape index (κ2) is 5.12. The lowest BCUT2D eigenvalue weighted by Gasteiger charge is -2.09. The highest BCUT2D eigenvalue weighted by atomic mass is 79.9. The Morgan fingerprint density at radius 2 is 1.53 bits per heavy atom. The molecule has 0 amide bonds. The number of aromatic nitrogens is 1. The molecule has 100 valence electrons. The SMILES string of the molecule is Fc1ccc(Oc2c(F)c(F)nc(F)c2F)c(Br)c1. The highest BCUT2D eigenvalue weighted by Crippen LogP contribution is 2.34. The number of rotatable bonds is 2. The molecular weight excluding hydrogens is 337 g/mol. The Balaban J connectivity index is 2.49. The average Bonchev–Trinajstić information content (AvgIpc) is 2.34. The number of benzene rings is 1. The number of hydrogen-bond acceptors (Lipinski definition) is 2. The average molecular weight is 340 g/mol. The van der Waals surface area contributed by atoms with Crippen LogP contribution in [0.3, 0.4) is 0 Å². The fraction of sp³-hybridized carbons (Fsp3) is 0. The lowest BCUT2D eigenvalue weighted by atomic mass is 10.3. The van der Waals surface area contributed by atoms with Crippen molar-refractivity contribution in [1.29, 1.82) is 0 Å². The number of pyridine rings is 1. The van der Waals surface area contributed by atoms with E-state index < -0.39 is 35.1 Å². The number of hydrogen-bond donors (Lipinski definition) is 0. The van der Waals surface area contributed by atoms with Crippen LogP contribution >= 0.6 is 15.9 Å². The summed E-state index contributed by atoms with van der Waals surface area (Å²) in [5.41, 5.74) is 0. The second-order valence-corrected chi connectivity index (χ2v) is 4.18. The molecule has 0 spiro atoms. The van der Waals surface area contributed by atoms with Crippen molar-refractivity contribution in [2.24, 2.45) is 0 Å². The summed E-state index contributed by atoms with van der Waals surface area (Å²) < 4.78 is 69.8. The molecule has 2 aromatic rings. The minimum absolute atomic E-state index is 0.0175. The van der Waals surface area contributed by atoms with E-state index in [1.54, 1.807) is 0 Å². The van der Waals surface area contributed by atoms with Gasteiger partial charge in [0, 0.05) is 0 Å². The molecule has 0 radical (unpaired) electrons. The van der Waals surface area contributed by atoms with Gasteiger partial charge in [0.05, 0.1) is 4.47 Å². The van der Waals surface area contributed by atoms with Gasteiger partial charge in [-0.3, -0.25) is 0 Å². The smallest absolute Gasteiger partial charge is 0.255 e. The van der Waals surface area contributed by atoms with E-state index in [1.807, 2.05) is 0 Å². The first-order chi connectivity index (χ1) is 8.90. The van der Waals surface area contributed by atoms with Crippen LogP contribution in [-0.2, 0) is 0 Å². The van der Waals surface area contributed by atoms with Gasteiger partial charge in [-0.25, -0.2) is 4.39 Å². The molecule has 1 aromatic heterocycles. The summed E-state index contributed by atoms with van der Waals surface area (Å²) in [4.78, 5) is 2.38. The number of nitrogens with zero attached hydrogens (tertiary/aromatic N) is 1. The van der Waals surface area contributed by atoms with Crippen LogP contribution in [-0.4, -0.2) is 4.98 Å².